The minimum atomic E-state index is -0.258. The van der Waals surface area contributed by atoms with Gasteiger partial charge in [0.1, 0.15) is 6.10 Å². The third kappa shape index (κ3) is 4.28. The Bertz CT molecular complexity index is 1030. The van der Waals surface area contributed by atoms with E-state index in [2.05, 4.69) is 17.1 Å². The lowest BCUT2D eigenvalue weighted by Crippen LogP contribution is -2.10. The van der Waals surface area contributed by atoms with Crippen LogP contribution in [0.1, 0.15) is 22.8 Å². The van der Waals surface area contributed by atoms with E-state index < -0.39 is 0 Å². The zero-order valence-electron chi connectivity index (χ0n) is 15.0. The molecule has 0 bridgehead atoms. The van der Waals surface area contributed by atoms with Crippen LogP contribution >= 0.6 is 23.2 Å². The third-order valence-electron chi connectivity index (χ3n) is 4.50. The standard InChI is InChI=1S/C23H18Cl2N2O/c24-19-9-5-17(6-10-19)15-28-23(18-7-11-20(25)12-8-18)21-3-1-2-4-22(21)27-14-13-26-16-27/h1-14,16,23H,15H2/t23-/m0/s1. The number of hydrogen-bond donors (Lipinski definition) is 0. The number of imidazole rings is 1. The van der Waals surface area contributed by atoms with Crippen molar-refractivity contribution in [3.63, 3.8) is 0 Å². The molecule has 1 heterocycles. The largest absolute Gasteiger partial charge is 0.364 e. The van der Waals surface area contributed by atoms with Crippen molar-refractivity contribution < 1.29 is 4.74 Å². The summed E-state index contributed by atoms with van der Waals surface area (Å²) in [7, 11) is 0. The molecule has 0 spiro atoms. The van der Waals surface area contributed by atoms with E-state index in [1.54, 1.807) is 12.5 Å². The molecule has 4 aromatic rings. The van der Waals surface area contributed by atoms with Gasteiger partial charge < -0.3 is 9.30 Å². The van der Waals surface area contributed by atoms with Crippen molar-refractivity contribution in [3.8, 4) is 5.69 Å². The summed E-state index contributed by atoms with van der Waals surface area (Å²) in [6.45, 7) is 0.461. The molecule has 4 rings (SSSR count). The van der Waals surface area contributed by atoms with E-state index in [4.69, 9.17) is 27.9 Å². The van der Waals surface area contributed by atoms with Gasteiger partial charge in [-0.2, -0.15) is 0 Å². The number of benzene rings is 3. The van der Waals surface area contributed by atoms with Crippen molar-refractivity contribution in [1.29, 1.82) is 0 Å². The second kappa shape index (κ2) is 8.61. The summed E-state index contributed by atoms with van der Waals surface area (Å²) in [6.07, 6.45) is 5.22. The fourth-order valence-corrected chi connectivity index (χ4v) is 3.36. The zero-order valence-corrected chi connectivity index (χ0v) is 16.5. The van der Waals surface area contributed by atoms with Crippen LogP contribution in [0.25, 0.3) is 5.69 Å². The molecule has 140 valence electrons. The number of para-hydroxylation sites is 1. The SMILES string of the molecule is Clc1ccc(CO[C@@H](c2ccc(Cl)cc2)c2ccccc2-n2ccnc2)cc1. The van der Waals surface area contributed by atoms with Gasteiger partial charge in [-0.15, -0.1) is 0 Å². The molecule has 0 radical (unpaired) electrons. The summed E-state index contributed by atoms with van der Waals surface area (Å²) < 4.78 is 8.39. The Morgan fingerprint density at radius 3 is 2.21 bits per heavy atom. The lowest BCUT2D eigenvalue weighted by Gasteiger charge is -2.22. The van der Waals surface area contributed by atoms with Gasteiger partial charge in [0.25, 0.3) is 0 Å². The second-order valence-corrected chi connectivity index (χ2v) is 7.27. The lowest BCUT2D eigenvalue weighted by atomic mass is 9.99. The van der Waals surface area contributed by atoms with Gasteiger partial charge in [-0.05, 0) is 41.5 Å². The van der Waals surface area contributed by atoms with Crippen molar-refractivity contribution in [2.45, 2.75) is 12.7 Å². The van der Waals surface area contributed by atoms with Crippen LogP contribution in [0.3, 0.4) is 0 Å². The first-order valence-electron chi connectivity index (χ1n) is 8.89. The van der Waals surface area contributed by atoms with Crippen molar-refractivity contribution >= 4 is 23.2 Å². The van der Waals surface area contributed by atoms with Gasteiger partial charge in [0.05, 0.1) is 18.6 Å². The highest BCUT2D eigenvalue weighted by Gasteiger charge is 2.19. The predicted molar refractivity (Wildman–Crippen MR) is 113 cm³/mol. The quantitative estimate of drug-likeness (QED) is 0.364. The summed E-state index contributed by atoms with van der Waals surface area (Å²) in [5.74, 6) is 0. The molecule has 0 saturated carbocycles. The van der Waals surface area contributed by atoms with E-state index >= 15 is 0 Å². The molecule has 0 unspecified atom stereocenters. The van der Waals surface area contributed by atoms with E-state index in [1.165, 1.54) is 0 Å². The number of nitrogens with zero attached hydrogens (tertiary/aromatic N) is 2. The molecule has 0 saturated heterocycles. The van der Waals surface area contributed by atoms with Crippen LogP contribution in [-0.2, 0) is 11.3 Å². The van der Waals surface area contributed by atoms with Gasteiger partial charge in [-0.1, -0.05) is 65.7 Å². The molecule has 0 aliphatic rings. The Labute approximate surface area is 174 Å². The van der Waals surface area contributed by atoms with Gasteiger partial charge in [-0.3, -0.25) is 0 Å². The van der Waals surface area contributed by atoms with Gasteiger partial charge in [0.2, 0.25) is 0 Å². The van der Waals surface area contributed by atoms with E-state index in [-0.39, 0.29) is 6.10 Å². The minimum absolute atomic E-state index is 0.258. The first kappa shape index (κ1) is 18.8. The Morgan fingerprint density at radius 1 is 0.857 bits per heavy atom. The number of halogens is 2. The number of hydrogen-bond acceptors (Lipinski definition) is 2. The average molecular weight is 409 g/mol. The highest BCUT2D eigenvalue weighted by atomic mass is 35.5. The van der Waals surface area contributed by atoms with E-state index in [0.717, 1.165) is 22.4 Å². The number of aromatic nitrogens is 2. The smallest absolute Gasteiger partial charge is 0.110 e. The molecule has 0 N–H and O–H groups in total. The van der Waals surface area contributed by atoms with Crippen LogP contribution in [0, 0.1) is 0 Å². The van der Waals surface area contributed by atoms with Crippen LogP contribution < -0.4 is 0 Å². The molecule has 0 aliphatic heterocycles. The van der Waals surface area contributed by atoms with Gasteiger partial charge in [0.15, 0.2) is 0 Å². The van der Waals surface area contributed by atoms with Crippen LogP contribution in [0.5, 0.6) is 0 Å². The molecule has 3 nitrogen and oxygen atoms in total. The normalized spacial score (nSPS) is 12.1. The average Bonchev–Trinajstić information content (AvgIpc) is 3.26. The predicted octanol–water partition coefficient (Wildman–Crippen LogP) is 6.49. The molecule has 1 aromatic heterocycles. The molecule has 28 heavy (non-hydrogen) atoms. The summed E-state index contributed by atoms with van der Waals surface area (Å²) >= 11 is 12.1. The van der Waals surface area contributed by atoms with Crippen LogP contribution in [0.15, 0.2) is 91.5 Å². The highest BCUT2D eigenvalue weighted by molar-refractivity contribution is 6.30. The Balaban J connectivity index is 1.71. The molecule has 0 fully saturated rings. The molecular formula is C23H18Cl2N2O. The fraction of sp³-hybridized carbons (Fsp3) is 0.0870. The number of ether oxygens (including phenoxy) is 1. The molecular weight excluding hydrogens is 391 g/mol. The molecule has 0 aliphatic carbocycles. The van der Waals surface area contributed by atoms with Crippen LogP contribution in [0.2, 0.25) is 10.0 Å². The summed E-state index contributed by atoms with van der Waals surface area (Å²) in [4.78, 5) is 4.18. The molecule has 1 atom stereocenters. The first-order chi connectivity index (χ1) is 13.7. The zero-order chi connectivity index (χ0) is 19.3. The van der Waals surface area contributed by atoms with Gasteiger partial charge >= 0.3 is 0 Å². The maximum absolute atomic E-state index is 6.40. The van der Waals surface area contributed by atoms with Crippen molar-refractivity contribution in [1.82, 2.24) is 9.55 Å². The molecule has 5 heteroatoms. The monoisotopic (exact) mass is 408 g/mol. The summed E-state index contributed by atoms with van der Waals surface area (Å²) in [5.41, 5.74) is 4.17. The fourth-order valence-electron chi connectivity index (χ4n) is 3.11. The van der Waals surface area contributed by atoms with Crippen molar-refractivity contribution in [3.05, 3.63) is 118 Å². The van der Waals surface area contributed by atoms with E-state index in [0.29, 0.717) is 16.7 Å². The lowest BCUT2D eigenvalue weighted by molar-refractivity contribution is 0.0667. The Kier molecular flexibility index (Phi) is 5.77. The third-order valence-corrected chi connectivity index (χ3v) is 5.01. The summed E-state index contributed by atoms with van der Waals surface area (Å²) in [6, 6.07) is 23.6. The van der Waals surface area contributed by atoms with Crippen LogP contribution in [0.4, 0.5) is 0 Å². The first-order valence-corrected chi connectivity index (χ1v) is 9.65. The maximum atomic E-state index is 6.40. The highest BCUT2D eigenvalue weighted by Crippen LogP contribution is 2.32. The Morgan fingerprint density at radius 2 is 1.54 bits per heavy atom. The Hall–Kier alpha value is -2.59. The van der Waals surface area contributed by atoms with Gasteiger partial charge in [0, 0.05) is 28.0 Å². The maximum Gasteiger partial charge on any atom is 0.110 e. The summed E-state index contributed by atoms with van der Waals surface area (Å²) in [5, 5.41) is 1.41. The topological polar surface area (TPSA) is 27.1 Å². The van der Waals surface area contributed by atoms with Crippen molar-refractivity contribution in [2.75, 3.05) is 0 Å². The van der Waals surface area contributed by atoms with E-state index in [1.807, 2.05) is 71.4 Å². The van der Waals surface area contributed by atoms with Crippen molar-refractivity contribution in [2.24, 2.45) is 0 Å². The molecule has 3 aromatic carbocycles. The second-order valence-electron chi connectivity index (χ2n) is 6.40. The van der Waals surface area contributed by atoms with Crippen LogP contribution in [-0.4, -0.2) is 9.55 Å². The number of rotatable bonds is 6. The van der Waals surface area contributed by atoms with E-state index in [9.17, 15) is 0 Å². The van der Waals surface area contributed by atoms with Gasteiger partial charge in [-0.25, -0.2) is 4.98 Å². The minimum Gasteiger partial charge on any atom is -0.364 e. The molecule has 0 amide bonds.